The molecule has 3 aliphatic rings. The van der Waals surface area contributed by atoms with Crippen molar-refractivity contribution < 1.29 is 20.1 Å². The minimum absolute atomic E-state index is 0. The van der Waals surface area contributed by atoms with Gasteiger partial charge in [0, 0.05) is 32.6 Å². The molecule has 3 fully saturated rings. The maximum atomic E-state index is 10.5. The first-order chi connectivity index (χ1) is 28.3. The van der Waals surface area contributed by atoms with E-state index in [-0.39, 0.29) is 34.3 Å². The van der Waals surface area contributed by atoms with Crippen molar-refractivity contribution in [3.8, 4) is 0 Å². The molecule has 3 heterocycles. The summed E-state index contributed by atoms with van der Waals surface area (Å²) >= 11 is 0. The third kappa shape index (κ3) is 20.0. The van der Waals surface area contributed by atoms with Crippen molar-refractivity contribution in [3.63, 3.8) is 0 Å². The van der Waals surface area contributed by atoms with Gasteiger partial charge >= 0.3 is 0 Å². The lowest BCUT2D eigenvalue weighted by molar-refractivity contribution is -0.108. The predicted molar refractivity (Wildman–Crippen MR) is 265 cm³/mol. The molecule has 3 aromatic rings. The summed E-state index contributed by atoms with van der Waals surface area (Å²) in [5, 5.41) is 32.5. The Balaban J connectivity index is 0.000000297. The number of aliphatic hydroxyl groups is 3. The molecule has 0 saturated carbocycles. The Kier molecular flexibility index (Phi) is 22.0. The summed E-state index contributed by atoms with van der Waals surface area (Å²) in [5.41, 5.74) is 7.11. The number of benzene rings is 3. The smallest absolute Gasteiger partial charge is 0.120 e. The molecule has 6 rings (SSSR count). The van der Waals surface area contributed by atoms with Crippen molar-refractivity contribution in [3.05, 3.63) is 106 Å². The predicted octanol–water partition coefficient (Wildman–Crippen LogP) is 10.4. The monoisotopic (exact) mass is 878 g/mol. The second-order valence-corrected chi connectivity index (χ2v) is 21.5. The number of aldehydes is 1. The average molecular weight is 879 g/mol. The number of piperidine rings is 3. The van der Waals surface area contributed by atoms with Crippen molar-refractivity contribution in [1.82, 2.24) is 15.1 Å². The standard InChI is InChI=1S/2C18H29NO.C12H16O.C6H13NO.ClH/c2*1-15-5-7-16(8-6-15)17(2,3)9-12-19-13-10-18(4,20)11-14-19;1-10-4-6-11(7-5-10)12(2,3)8-9-13;1-6(8)2-4-7-5-3-6;/h2*5-8,20H,9-14H2,1-4H3;4-7,9H,8H2,1-3H3;7-8H,2-5H2,1H3;1H. The highest BCUT2D eigenvalue weighted by molar-refractivity contribution is 5.85. The van der Waals surface area contributed by atoms with Crippen LogP contribution in [0, 0.1) is 20.8 Å². The van der Waals surface area contributed by atoms with E-state index in [0.29, 0.717) is 6.42 Å². The number of carbonyl (C=O) groups is 1. The molecule has 0 atom stereocenters. The molecular weight excluding hydrogens is 790 g/mol. The highest BCUT2D eigenvalue weighted by atomic mass is 35.5. The maximum absolute atomic E-state index is 10.5. The third-order valence-electron chi connectivity index (χ3n) is 13.7. The number of nitrogens with one attached hydrogen (secondary N) is 1. The summed E-state index contributed by atoms with van der Waals surface area (Å²) in [6.45, 7) is 33.9. The van der Waals surface area contributed by atoms with Crippen LogP contribution in [-0.2, 0) is 21.0 Å². The Morgan fingerprint density at radius 2 is 0.790 bits per heavy atom. The van der Waals surface area contributed by atoms with Gasteiger partial charge in [0.25, 0.3) is 0 Å². The molecular formula is C54H88ClN3O4. The van der Waals surface area contributed by atoms with Crippen LogP contribution in [0.3, 0.4) is 0 Å². The minimum atomic E-state index is -0.441. The van der Waals surface area contributed by atoms with Gasteiger partial charge in [-0.1, -0.05) is 131 Å². The van der Waals surface area contributed by atoms with Crippen LogP contribution in [0.25, 0.3) is 0 Å². The zero-order valence-electron chi connectivity index (χ0n) is 41.1. The van der Waals surface area contributed by atoms with E-state index in [0.717, 1.165) is 110 Å². The van der Waals surface area contributed by atoms with Gasteiger partial charge in [-0.3, -0.25) is 0 Å². The Hall–Kier alpha value is -2.62. The van der Waals surface area contributed by atoms with Crippen LogP contribution in [0.4, 0.5) is 0 Å². The molecule has 3 aromatic carbocycles. The summed E-state index contributed by atoms with van der Waals surface area (Å²) in [6.07, 6.45) is 9.29. The van der Waals surface area contributed by atoms with E-state index >= 15 is 0 Å². The summed E-state index contributed by atoms with van der Waals surface area (Å²) in [5.74, 6) is 0. The van der Waals surface area contributed by atoms with Gasteiger partial charge in [0.15, 0.2) is 0 Å². The second kappa shape index (κ2) is 24.6. The first-order valence-corrected chi connectivity index (χ1v) is 23.3. The van der Waals surface area contributed by atoms with Crippen molar-refractivity contribution in [2.45, 2.75) is 174 Å². The molecule has 3 saturated heterocycles. The average Bonchev–Trinajstić information content (AvgIpc) is 3.18. The number of carbonyl (C=O) groups excluding carboxylic acids is 1. The largest absolute Gasteiger partial charge is 0.390 e. The zero-order valence-corrected chi connectivity index (χ0v) is 41.9. The fourth-order valence-electron chi connectivity index (χ4n) is 7.99. The molecule has 4 N–H and O–H groups in total. The van der Waals surface area contributed by atoms with Crippen molar-refractivity contribution >= 4 is 18.7 Å². The molecule has 0 unspecified atom stereocenters. The van der Waals surface area contributed by atoms with Gasteiger partial charge in [0.2, 0.25) is 0 Å². The van der Waals surface area contributed by atoms with Crippen molar-refractivity contribution in [1.29, 1.82) is 0 Å². The molecule has 8 heteroatoms. The number of nitrogens with zero attached hydrogens (tertiary/aromatic N) is 2. The van der Waals surface area contributed by atoms with Gasteiger partial charge < -0.3 is 35.2 Å². The van der Waals surface area contributed by atoms with Crippen molar-refractivity contribution in [2.75, 3.05) is 52.4 Å². The van der Waals surface area contributed by atoms with Gasteiger partial charge in [0.05, 0.1) is 16.8 Å². The van der Waals surface area contributed by atoms with Crippen LogP contribution in [0.15, 0.2) is 72.8 Å². The summed E-state index contributed by atoms with van der Waals surface area (Å²) in [6, 6.07) is 26.2. The van der Waals surface area contributed by atoms with E-state index in [2.05, 4.69) is 150 Å². The molecule has 0 amide bonds. The highest BCUT2D eigenvalue weighted by Crippen LogP contribution is 2.31. The van der Waals surface area contributed by atoms with Crippen LogP contribution in [0.1, 0.15) is 153 Å². The van der Waals surface area contributed by atoms with Gasteiger partial charge in [-0.15, -0.1) is 12.4 Å². The van der Waals surface area contributed by atoms with E-state index in [9.17, 15) is 20.1 Å². The summed E-state index contributed by atoms with van der Waals surface area (Å²) in [7, 11) is 0. The van der Waals surface area contributed by atoms with Gasteiger partial charge in [-0.2, -0.15) is 0 Å². The van der Waals surface area contributed by atoms with Gasteiger partial charge in [-0.25, -0.2) is 0 Å². The molecule has 0 aromatic heterocycles. The second-order valence-electron chi connectivity index (χ2n) is 21.5. The van der Waals surface area contributed by atoms with E-state index in [1.54, 1.807) is 0 Å². The molecule has 0 aliphatic carbocycles. The first kappa shape index (κ1) is 55.5. The quantitative estimate of drug-likeness (QED) is 0.143. The van der Waals surface area contributed by atoms with E-state index in [1.807, 2.05) is 20.8 Å². The Labute approximate surface area is 384 Å². The van der Waals surface area contributed by atoms with E-state index in [4.69, 9.17) is 0 Å². The van der Waals surface area contributed by atoms with Crippen LogP contribution in [0.5, 0.6) is 0 Å². The van der Waals surface area contributed by atoms with Gasteiger partial charge in [0.1, 0.15) is 6.29 Å². The summed E-state index contributed by atoms with van der Waals surface area (Å²) in [4.78, 5) is 15.4. The maximum Gasteiger partial charge on any atom is 0.120 e. The molecule has 0 spiro atoms. The van der Waals surface area contributed by atoms with E-state index in [1.165, 1.54) is 33.4 Å². The number of halogens is 1. The topological polar surface area (TPSA) is 96.3 Å². The molecule has 3 aliphatic heterocycles. The van der Waals surface area contributed by atoms with Crippen LogP contribution < -0.4 is 5.32 Å². The number of hydrogen-bond donors (Lipinski definition) is 4. The van der Waals surface area contributed by atoms with Crippen LogP contribution >= 0.6 is 12.4 Å². The fourth-order valence-corrected chi connectivity index (χ4v) is 7.99. The normalized spacial score (nSPS) is 18.9. The Morgan fingerprint density at radius 1 is 0.516 bits per heavy atom. The number of likely N-dealkylation sites (tertiary alicyclic amines) is 2. The molecule has 62 heavy (non-hydrogen) atoms. The molecule has 350 valence electrons. The SMILES string of the molecule is CC1(O)CCNCC1.Cc1ccc(C(C)(C)CC=O)cc1.Cc1ccc(C(C)(C)CCN2CCC(C)(O)CC2)cc1.Cc1ccc(C(C)(C)CCN2CCC(C)(O)CC2)cc1.Cl. The lowest BCUT2D eigenvalue weighted by Gasteiger charge is -2.37. The lowest BCUT2D eigenvalue weighted by Crippen LogP contribution is -2.43. The van der Waals surface area contributed by atoms with Gasteiger partial charge in [-0.05, 0) is 152 Å². The lowest BCUT2D eigenvalue weighted by atomic mass is 9.81. The molecule has 0 radical (unpaired) electrons. The summed E-state index contributed by atoms with van der Waals surface area (Å²) < 4.78 is 0. The highest BCUT2D eigenvalue weighted by Gasteiger charge is 2.30. The molecule has 7 nitrogen and oxygen atoms in total. The third-order valence-corrected chi connectivity index (χ3v) is 13.7. The number of hydrogen-bond acceptors (Lipinski definition) is 7. The van der Waals surface area contributed by atoms with Crippen LogP contribution in [-0.4, -0.2) is 101 Å². The number of aryl methyl sites for hydroxylation is 3. The minimum Gasteiger partial charge on any atom is -0.390 e. The van der Waals surface area contributed by atoms with Crippen molar-refractivity contribution in [2.24, 2.45) is 0 Å². The molecule has 0 bridgehead atoms. The zero-order chi connectivity index (χ0) is 45.5. The van der Waals surface area contributed by atoms with Crippen LogP contribution in [0.2, 0.25) is 0 Å². The Morgan fingerprint density at radius 3 is 1.05 bits per heavy atom. The Bertz CT molecular complexity index is 1600. The van der Waals surface area contributed by atoms with E-state index < -0.39 is 11.2 Å². The first-order valence-electron chi connectivity index (χ1n) is 23.3. The fraction of sp³-hybridized carbons (Fsp3) is 0.648. The number of rotatable bonds is 11.